The second-order valence-electron chi connectivity index (χ2n) is 24.9. The molecular formula is C75H67N. The second kappa shape index (κ2) is 17.0. The van der Waals surface area contributed by atoms with Gasteiger partial charge in [0.25, 0.3) is 0 Å². The first-order chi connectivity index (χ1) is 36.5. The molecule has 0 aromatic heterocycles. The summed E-state index contributed by atoms with van der Waals surface area (Å²) in [4.78, 5) is 2.52. The third-order valence-electron chi connectivity index (χ3n) is 17.7. The van der Waals surface area contributed by atoms with E-state index in [4.69, 9.17) is 0 Å². The maximum absolute atomic E-state index is 2.52. The van der Waals surface area contributed by atoms with Crippen LogP contribution in [0.1, 0.15) is 125 Å². The minimum atomic E-state index is -0.576. The zero-order valence-electron chi connectivity index (χ0n) is 45.8. The van der Waals surface area contributed by atoms with Crippen molar-refractivity contribution >= 4 is 17.1 Å². The summed E-state index contributed by atoms with van der Waals surface area (Å²) < 4.78 is 0. The molecular weight excluding hydrogens is 915 g/mol. The maximum atomic E-state index is 2.52. The highest BCUT2D eigenvalue weighted by molar-refractivity contribution is 5.98. The summed E-state index contributed by atoms with van der Waals surface area (Å²) in [5.74, 6) is 0. The fourth-order valence-corrected chi connectivity index (χ4v) is 13.7. The number of anilines is 3. The van der Waals surface area contributed by atoms with Gasteiger partial charge in [-0.3, -0.25) is 0 Å². The minimum Gasteiger partial charge on any atom is -0.310 e. The van der Waals surface area contributed by atoms with Gasteiger partial charge in [-0.25, -0.2) is 0 Å². The average Bonchev–Trinajstić information content (AvgIpc) is 3.99. The molecule has 0 radical (unpaired) electrons. The van der Waals surface area contributed by atoms with Crippen LogP contribution in [-0.4, -0.2) is 0 Å². The van der Waals surface area contributed by atoms with Gasteiger partial charge < -0.3 is 4.90 Å². The van der Waals surface area contributed by atoms with Crippen LogP contribution in [0.25, 0.3) is 55.6 Å². The molecule has 0 saturated carbocycles. The van der Waals surface area contributed by atoms with E-state index in [1.807, 2.05) is 0 Å². The Hall–Kier alpha value is -8.00. The topological polar surface area (TPSA) is 3.24 Å². The van der Waals surface area contributed by atoms with E-state index in [1.165, 1.54) is 111 Å². The molecule has 0 amide bonds. The summed E-state index contributed by atoms with van der Waals surface area (Å²) in [5, 5.41) is 0. The number of fused-ring (bicyclic) bond motifs is 9. The van der Waals surface area contributed by atoms with Crippen molar-refractivity contribution in [2.24, 2.45) is 0 Å². The van der Waals surface area contributed by atoms with Crippen molar-refractivity contribution in [2.45, 2.75) is 96.3 Å². The van der Waals surface area contributed by atoms with Crippen LogP contribution in [0.5, 0.6) is 0 Å². The van der Waals surface area contributed by atoms with E-state index >= 15 is 0 Å². The molecule has 0 bridgehead atoms. The van der Waals surface area contributed by atoms with Crippen molar-refractivity contribution < 1.29 is 0 Å². The highest BCUT2D eigenvalue weighted by atomic mass is 15.1. The lowest BCUT2D eigenvalue weighted by molar-refractivity contribution is 0.588. The molecule has 10 aromatic rings. The number of rotatable bonds is 7. The van der Waals surface area contributed by atoms with Crippen molar-refractivity contribution in [1.82, 2.24) is 0 Å². The molecule has 0 N–H and O–H groups in total. The Morgan fingerprint density at radius 1 is 0.316 bits per heavy atom. The van der Waals surface area contributed by atoms with Gasteiger partial charge in [0.1, 0.15) is 0 Å². The molecule has 0 spiro atoms. The molecule has 3 aliphatic carbocycles. The summed E-state index contributed by atoms with van der Waals surface area (Å²) in [6.07, 6.45) is 0. The molecule has 1 nitrogen and oxygen atoms in total. The van der Waals surface area contributed by atoms with Crippen molar-refractivity contribution in [2.75, 3.05) is 4.90 Å². The Morgan fingerprint density at radius 2 is 0.750 bits per heavy atom. The Balaban J connectivity index is 1.00. The van der Waals surface area contributed by atoms with Crippen LogP contribution in [0.2, 0.25) is 0 Å². The molecule has 0 aliphatic heterocycles. The van der Waals surface area contributed by atoms with Gasteiger partial charge in [0.05, 0.1) is 11.1 Å². The van der Waals surface area contributed by atoms with Gasteiger partial charge in [-0.1, -0.05) is 257 Å². The van der Waals surface area contributed by atoms with E-state index in [9.17, 15) is 0 Å². The smallest absolute Gasteiger partial charge is 0.0714 e. The molecule has 0 unspecified atom stereocenters. The molecule has 372 valence electrons. The molecule has 10 aromatic carbocycles. The lowest BCUT2D eigenvalue weighted by Crippen LogP contribution is -2.29. The lowest BCUT2D eigenvalue weighted by atomic mass is 9.67. The number of hydrogen-bond donors (Lipinski definition) is 0. The van der Waals surface area contributed by atoms with Crippen LogP contribution in [0.4, 0.5) is 17.1 Å². The third kappa shape index (κ3) is 7.11. The van der Waals surface area contributed by atoms with Crippen molar-refractivity contribution in [3.8, 4) is 55.6 Å². The SMILES string of the molecule is CC(C)(C)c1ccc(C2(c3ccc(C(C)(C)C)cc3)c3ccccc3-c3c(N(c4ccc(-c5ccc6c(c5)C(C)(C)c5ccccc5-6)cc4)c4ccc(-c5cccc6c5C(C)(C)c5ccccc5-6)cc4)cccc32)cc1. The molecule has 0 atom stereocenters. The highest BCUT2D eigenvalue weighted by Gasteiger charge is 2.48. The molecule has 0 fully saturated rings. The summed E-state index contributed by atoms with van der Waals surface area (Å²) in [6, 6.07) is 85.9. The Kier molecular flexibility index (Phi) is 10.7. The van der Waals surface area contributed by atoms with Crippen molar-refractivity contribution in [1.29, 1.82) is 0 Å². The summed E-state index contributed by atoms with van der Waals surface area (Å²) in [6.45, 7) is 23.3. The van der Waals surface area contributed by atoms with Crippen LogP contribution >= 0.6 is 0 Å². The van der Waals surface area contributed by atoms with Crippen molar-refractivity contribution in [3.05, 3.63) is 280 Å². The molecule has 1 heteroatoms. The molecule has 0 saturated heterocycles. The number of nitrogens with zero attached hydrogens (tertiary/aromatic N) is 1. The Bertz CT molecular complexity index is 3850. The quantitative estimate of drug-likeness (QED) is 0.154. The fourth-order valence-electron chi connectivity index (χ4n) is 13.7. The summed E-state index contributed by atoms with van der Waals surface area (Å²) in [5.41, 5.74) is 28.8. The third-order valence-corrected chi connectivity index (χ3v) is 17.7. The molecule has 13 rings (SSSR count). The average molecular weight is 982 g/mol. The summed E-state index contributed by atoms with van der Waals surface area (Å²) in [7, 11) is 0. The zero-order chi connectivity index (χ0) is 52.5. The van der Waals surface area contributed by atoms with Gasteiger partial charge in [0.2, 0.25) is 0 Å². The van der Waals surface area contributed by atoms with Crippen LogP contribution in [0.3, 0.4) is 0 Å². The minimum absolute atomic E-state index is 0.0229. The predicted octanol–water partition coefficient (Wildman–Crippen LogP) is 20.1. The van der Waals surface area contributed by atoms with E-state index in [2.05, 4.69) is 299 Å². The summed E-state index contributed by atoms with van der Waals surface area (Å²) >= 11 is 0. The van der Waals surface area contributed by atoms with Crippen LogP contribution in [-0.2, 0) is 27.1 Å². The van der Waals surface area contributed by atoms with Gasteiger partial charge in [0.15, 0.2) is 0 Å². The van der Waals surface area contributed by atoms with Crippen LogP contribution < -0.4 is 4.90 Å². The Labute approximate surface area is 451 Å². The Morgan fingerprint density at radius 3 is 1.33 bits per heavy atom. The maximum Gasteiger partial charge on any atom is 0.0714 e. The van der Waals surface area contributed by atoms with E-state index in [-0.39, 0.29) is 21.7 Å². The fraction of sp³-hybridized carbons (Fsp3) is 0.200. The first kappa shape index (κ1) is 47.7. The van der Waals surface area contributed by atoms with Gasteiger partial charge in [-0.05, 0) is 153 Å². The van der Waals surface area contributed by atoms with Gasteiger partial charge in [0, 0.05) is 27.8 Å². The predicted molar refractivity (Wildman–Crippen MR) is 322 cm³/mol. The molecule has 0 heterocycles. The first-order valence-corrected chi connectivity index (χ1v) is 27.4. The molecule has 3 aliphatic rings. The van der Waals surface area contributed by atoms with Crippen molar-refractivity contribution in [3.63, 3.8) is 0 Å². The zero-order valence-corrected chi connectivity index (χ0v) is 45.8. The van der Waals surface area contributed by atoms with E-state index in [1.54, 1.807) is 0 Å². The monoisotopic (exact) mass is 982 g/mol. The van der Waals surface area contributed by atoms with Gasteiger partial charge >= 0.3 is 0 Å². The number of hydrogen-bond acceptors (Lipinski definition) is 1. The van der Waals surface area contributed by atoms with Gasteiger partial charge in [-0.2, -0.15) is 0 Å². The highest BCUT2D eigenvalue weighted by Crippen LogP contribution is 2.60. The number of benzene rings is 10. The standard InChI is InChI=1S/C75H67N/c1-71(2,3)51-34-38-53(39-35-51)75(54-40-36-52(37-41-54)72(4,5)6)65-26-16-13-21-62(65)69-66(75)27-18-28-68(69)76(55-42-29-48(30-43-55)50-33-46-60-58-19-11-14-24-63(58)73(7,8)67(60)47-50)56-44-31-49(32-45-56)57-22-17-23-61-59-20-12-15-25-64(59)74(9,10)70(57)61/h11-47H,1-10H3. The van der Waals surface area contributed by atoms with Crippen LogP contribution in [0.15, 0.2) is 224 Å². The van der Waals surface area contributed by atoms with E-state index in [0.717, 1.165) is 17.1 Å². The first-order valence-electron chi connectivity index (χ1n) is 27.4. The largest absolute Gasteiger partial charge is 0.310 e. The van der Waals surface area contributed by atoms with E-state index in [0.29, 0.717) is 0 Å². The molecule has 76 heavy (non-hydrogen) atoms. The normalized spacial score (nSPS) is 15.0. The van der Waals surface area contributed by atoms with Crippen LogP contribution in [0, 0.1) is 0 Å². The van der Waals surface area contributed by atoms with E-state index < -0.39 is 5.41 Å². The second-order valence-corrected chi connectivity index (χ2v) is 24.9. The lowest BCUT2D eigenvalue weighted by Gasteiger charge is -2.35. The van der Waals surface area contributed by atoms with Gasteiger partial charge in [-0.15, -0.1) is 0 Å².